The molecule has 1 aromatic carbocycles. The highest BCUT2D eigenvalue weighted by Crippen LogP contribution is 2.32. The molecule has 0 aliphatic heterocycles. The third kappa shape index (κ3) is 1.89. The summed E-state index contributed by atoms with van der Waals surface area (Å²) in [5.41, 5.74) is 0.250. The molecule has 2 heterocycles. The van der Waals surface area contributed by atoms with Gasteiger partial charge in [-0.25, -0.2) is 4.98 Å². The van der Waals surface area contributed by atoms with Gasteiger partial charge in [-0.2, -0.15) is 13.2 Å². The van der Waals surface area contributed by atoms with Gasteiger partial charge in [0.05, 0.1) is 11.0 Å². The van der Waals surface area contributed by atoms with Crippen LogP contribution in [0.15, 0.2) is 18.2 Å². The summed E-state index contributed by atoms with van der Waals surface area (Å²) in [6.45, 7) is 0. The van der Waals surface area contributed by atoms with Crippen LogP contribution in [-0.4, -0.2) is 19.6 Å². The third-order valence-electron chi connectivity index (χ3n) is 2.50. The highest BCUT2D eigenvalue weighted by atomic mass is 35.5. The van der Waals surface area contributed by atoms with Gasteiger partial charge < -0.3 is 0 Å². The van der Waals surface area contributed by atoms with Crippen molar-refractivity contribution in [2.24, 2.45) is 0 Å². The molecule has 9 heteroatoms. The Labute approximate surface area is 113 Å². The molecule has 0 spiro atoms. The maximum Gasteiger partial charge on any atom is 0.452 e. The van der Waals surface area contributed by atoms with E-state index in [9.17, 15) is 13.2 Å². The maximum atomic E-state index is 12.9. The van der Waals surface area contributed by atoms with E-state index in [0.29, 0.717) is 0 Å². The molecule has 3 rings (SSSR count). The Balaban J connectivity index is 2.56. The lowest BCUT2D eigenvalue weighted by Gasteiger charge is -2.07. The largest absolute Gasteiger partial charge is 0.452 e. The van der Waals surface area contributed by atoms with Crippen molar-refractivity contribution >= 4 is 39.9 Å². The number of fused-ring (bicyclic) bond motifs is 3. The van der Waals surface area contributed by atoms with Crippen molar-refractivity contribution < 1.29 is 13.2 Å². The van der Waals surface area contributed by atoms with Gasteiger partial charge in [0.2, 0.25) is 5.82 Å². The molecule has 0 bridgehead atoms. The lowest BCUT2D eigenvalue weighted by molar-refractivity contribution is -0.145. The lowest BCUT2D eigenvalue weighted by Crippen LogP contribution is -2.11. The fourth-order valence-electron chi connectivity index (χ4n) is 1.76. The molecule has 0 saturated heterocycles. The van der Waals surface area contributed by atoms with Crippen LogP contribution in [0.5, 0.6) is 0 Å². The lowest BCUT2D eigenvalue weighted by atomic mass is 10.3. The van der Waals surface area contributed by atoms with Crippen LogP contribution < -0.4 is 0 Å². The molecule has 2 aromatic heterocycles. The number of hydrogen-bond acceptors (Lipinski definition) is 3. The predicted octanol–water partition coefficient (Wildman–Crippen LogP) is 3.60. The van der Waals surface area contributed by atoms with E-state index in [0.717, 1.165) is 4.40 Å². The van der Waals surface area contributed by atoms with E-state index in [4.69, 9.17) is 23.2 Å². The van der Waals surface area contributed by atoms with Crippen molar-refractivity contribution in [3.63, 3.8) is 0 Å². The van der Waals surface area contributed by atoms with Crippen molar-refractivity contribution in [1.29, 1.82) is 0 Å². The second-order valence-electron chi connectivity index (χ2n) is 3.72. The number of rotatable bonds is 0. The van der Waals surface area contributed by atoms with Gasteiger partial charge in [-0.15, -0.1) is 10.2 Å². The second kappa shape index (κ2) is 3.94. The Morgan fingerprint density at radius 2 is 1.84 bits per heavy atom. The second-order valence-corrected chi connectivity index (χ2v) is 4.51. The van der Waals surface area contributed by atoms with Gasteiger partial charge in [0, 0.05) is 5.02 Å². The van der Waals surface area contributed by atoms with Crippen LogP contribution in [0.1, 0.15) is 5.82 Å². The standard InChI is InChI=1S/C10H3Cl2F3N4/c11-4-1-2-5-6(3-4)19-8(7(12)16-5)17-18-9(19)10(13,14)15/h1-3H. The van der Waals surface area contributed by atoms with Gasteiger partial charge in [0.25, 0.3) is 0 Å². The van der Waals surface area contributed by atoms with E-state index in [1.54, 1.807) is 0 Å². The number of hydrogen-bond donors (Lipinski definition) is 0. The normalized spacial score (nSPS) is 12.5. The Morgan fingerprint density at radius 3 is 2.53 bits per heavy atom. The summed E-state index contributed by atoms with van der Waals surface area (Å²) in [7, 11) is 0. The molecule has 0 aliphatic rings. The first-order valence-electron chi connectivity index (χ1n) is 4.95. The average Bonchev–Trinajstić information content (AvgIpc) is 2.75. The molecule has 19 heavy (non-hydrogen) atoms. The highest BCUT2D eigenvalue weighted by molar-refractivity contribution is 6.33. The summed E-state index contributed by atoms with van der Waals surface area (Å²) in [6, 6.07) is 4.34. The summed E-state index contributed by atoms with van der Waals surface area (Å²) in [4.78, 5) is 3.96. The van der Waals surface area contributed by atoms with Crippen LogP contribution in [0.3, 0.4) is 0 Å². The number of aromatic nitrogens is 4. The Hall–Kier alpha value is -1.60. The van der Waals surface area contributed by atoms with Gasteiger partial charge in [0.15, 0.2) is 10.8 Å². The molecule has 0 amide bonds. The molecule has 0 atom stereocenters. The molecular weight excluding hydrogens is 304 g/mol. The third-order valence-corrected chi connectivity index (χ3v) is 2.99. The fraction of sp³-hybridized carbons (Fsp3) is 0.100. The van der Waals surface area contributed by atoms with E-state index in [1.165, 1.54) is 18.2 Å². The minimum Gasteiger partial charge on any atom is -0.267 e. The van der Waals surface area contributed by atoms with Crippen LogP contribution in [0.2, 0.25) is 10.2 Å². The molecule has 0 unspecified atom stereocenters. The molecule has 0 fully saturated rings. The number of benzene rings is 1. The molecule has 0 N–H and O–H groups in total. The molecule has 0 aliphatic carbocycles. The summed E-state index contributed by atoms with van der Waals surface area (Å²) >= 11 is 11.6. The zero-order chi connectivity index (χ0) is 13.8. The van der Waals surface area contributed by atoms with Crippen LogP contribution in [0.4, 0.5) is 13.2 Å². The Morgan fingerprint density at radius 1 is 1.11 bits per heavy atom. The quantitative estimate of drug-likeness (QED) is 0.637. The van der Waals surface area contributed by atoms with Crippen molar-refractivity contribution in [3.05, 3.63) is 34.2 Å². The SMILES string of the molecule is FC(F)(F)c1nnc2c(Cl)nc3ccc(Cl)cc3n12. The number of nitrogens with zero attached hydrogens (tertiary/aromatic N) is 4. The van der Waals surface area contributed by atoms with E-state index >= 15 is 0 Å². The first kappa shape index (κ1) is 12.4. The first-order valence-corrected chi connectivity index (χ1v) is 5.70. The topological polar surface area (TPSA) is 43.1 Å². The molecule has 98 valence electrons. The van der Waals surface area contributed by atoms with E-state index in [1.807, 2.05) is 0 Å². The Kier molecular flexibility index (Phi) is 2.58. The predicted molar refractivity (Wildman–Crippen MR) is 63.3 cm³/mol. The molecule has 0 saturated carbocycles. The summed E-state index contributed by atoms with van der Waals surface area (Å²) in [6.07, 6.45) is -4.65. The summed E-state index contributed by atoms with van der Waals surface area (Å²) in [5, 5.41) is 6.67. The molecule has 4 nitrogen and oxygen atoms in total. The monoisotopic (exact) mass is 306 g/mol. The van der Waals surface area contributed by atoms with Gasteiger partial charge >= 0.3 is 6.18 Å². The van der Waals surface area contributed by atoms with Crippen LogP contribution in [0.25, 0.3) is 16.7 Å². The first-order chi connectivity index (χ1) is 8.88. The van der Waals surface area contributed by atoms with E-state index in [2.05, 4.69) is 15.2 Å². The summed E-state index contributed by atoms with van der Waals surface area (Å²) < 4.78 is 39.5. The van der Waals surface area contributed by atoms with Crippen molar-refractivity contribution in [2.75, 3.05) is 0 Å². The van der Waals surface area contributed by atoms with Gasteiger partial charge in [-0.05, 0) is 18.2 Å². The highest BCUT2D eigenvalue weighted by Gasteiger charge is 2.38. The van der Waals surface area contributed by atoms with Crippen LogP contribution in [-0.2, 0) is 6.18 Å². The van der Waals surface area contributed by atoms with Gasteiger partial charge in [0.1, 0.15) is 0 Å². The molecular formula is C10H3Cl2F3N4. The minimum absolute atomic E-state index is 0.143. The van der Waals surface area contributed by atoms with Gasteiger partial charge in [-0.1, -0.05) is 23.2 Å². The van der Waals surface area contributed by atoms with Gasteiger partial charge in [-0.3, -0.25) is 4.40 Å². The van der Waals surface area contributed by atoms with Crippen molar-refractivity contribution in [2.45, 2.75) is 6.18 Å². The van der Waals surface area contributed by atoms with Crippen LogP contribution >= 0.6 is 23.2 Å². The van der Waals surface area contributed by atoms with Crippen molar-refractivity contribution in [1.82, 2.24) is 19.6 Å². The number of alkyl halides is 3. The number of halogens is 5. The fourth-order valence-corrected chi connectivity index (χ4v) is 2.14. The summed E-state index contributed by atoms with van der Waals surface area (Å²) in [5.74, 6) is -1.17. The van der Waals surface area contributed by atoms with E-state index < -0.39 is 12.0 Å². The van der Waals surface area contributed by atoms with E-state index in [-0.39, 0.29) is 26.9 Å². The molecule has 0 radical (unpaired) electrons. The zero-order valence-electron chi connectivity index (χ0n) is 8.91. The zero-order valence-corrected chi connectivity index (χ0v) is 10.4. The molecule has 3 aromatic rings. The van der Waals surface area contributed by atoms with Crippen molar-refractivity contribution in [3.8, 4) is 0 Å². The Bertz CT molecular complexity index is 797. The smallest absolute Gasteiger partial charge is 0.267 e. The minimum atomic E-state index is -4.65. The van der Waals surface area contributed by atoms with Crippen LogP contribution in [0, 0.1) is 0 Å². The maximum absolute atomic E-state index is 12.9. The average molecular weight is 307 g/mol.